The number of alkyl halides is 3. The molecule has 0 aliphatic rings. The summed E-state index contributed by atoms with van der Waals surface area (Å²) in [6.45, 7) is 0. The van der Waals surface area contributed by atoms with Gasteiger partial charge in [0.25, 0.3) is 5.91 Å². The molecule has 2 N–H and O–H groups in total. The highest BCUT2D eigenvalue weighted by Gasteiger charge is 2.30. The standard InChI is InChI=1S/C15H10F3NO3/c16-15(17,18)11-5-1-9(2-6-11)13(20)19-12-7-3-10(4-8-12)14(21)22/h1-8H,(H,19,20)(H,21,22). The zero-order chi connectivity index (χ0) is 16.3. The molecule has 0 spiro atoms. The molecule has 7 heteroatoms. The number of hydrogen-bond donors (Lipinski definition) is 2. The van der Waals surface area contributed by atoms with Crippen LogP contribution < -0.4 is 5.32 Å². The number of aromatic carboxylic acids is 1. The molecular weight excluding hydrogens is 299 g/mol. The fraction of sp³-hybridized carbons (Fsp3) is 0.0667. The van der Waals surface area contributed by atoms with E-state index in [1.807, 2.05) is 0 Å². The average molecular weight is 309 g/mol. The maximum Gasteiger partial charge on any atom is 0.416 e. The Morgan fingerprint density at radius 3 is 1.82 bits per heavy atom. The number of rotatable bonds is 3. The first-order valence-electron chi connectivity index (χ1n) is 6.09. The van der Waals surface area contributed by atoms with E-state index >= 15 is 0 Å². The first kappa shape index (κ1) is 15.6. The molecule has 22 heavy (non-hydrogen) atoms. The van der Waals surface area contributed by atoms with Crippen LogP contribution in [0.2, 0.25) is 0 Å². The molecule has 0 atom stereocenters. The van der Waals surface area contributed by atoms with Crippen molar-refractivity contribution in [3.05, 3.63) is 65.2 Å². The van der Waals surface area contributed by atoms with E-state index in [2.05, 4.69) is 5.32 Å². The molecule has 0 radical (unpaired) electrons. The number of carbonyl (C=O) groups is 2. The van der Waals surface area contributed by atoms with Gasteiger partial charge in [-0.2, -0.15) is 13.2 Å². The molecule has 0 heterocycles. The first-order valence-corrected chi connectivity index (χ1v) is 6.09. The van der Waals surface area contributed by atoms with Crippen LogP contribution in [0, 0.1) is 0 Å². The number of carboxylic acid groups (broad SMARTS) is 1. The third-order valence-electron chi connectivity index (χ3n) is 2.86. The lowest BCUT2D eigenvalue weighted by Gasteiger charge is -2.08. The number of carbonyl (C=O) groups excluding carboxylic acids is 1. The molecule has 1 amide bonds. The van der Waals surface area contributed by atoms with Crippen LogP contribution in [-0.4, -0.2) is 17.0 Å². The summed E-state index contributed by atoms with van der Waals surface area (Å²) < 4.78 is 37.3. The first-order chi connectivity index (χ1) is 10.3. The third-order valence-corrected chi connectivity index (χ3v) is 2.86. The van der Waals surface area contributed by atoms with Crippen LogP contribution in [0.1, 0.15) is 26.3 Å². The molecule has 0 saturated carbocycles. The maximum absolute atomic E-state index is 12.4. The van der Waals surface area contributed by atoms with Crippen LogP contribution in [0.5, 0.6) is 0 Å². The van der Waals surface area contributed by atoms with Crippen molar-refractivity contribution in [2.75, 3.05) is 5.32 Å². The molecular formula is C15H10F3NO3. The molecule has 0 bridgehead atoms. The number of halogens is 3. The Balaban J connectivity index is 2.10. The van der Waals surface area contributed by atoms with Gasteiger partial charge in [0.15, 0.2) is 0 Å². The molecule has 0 aliphatic heterocycles. The lowest BCUT2D eigenvalue weighted by atomic mass is 10.1. The minimum Gasteiger partial charge on any atom is -0.478 e. The van der Waals surface area contributed by atoms with E-state index in [-0.39, 0.29) is 11.1 Å². The smallest absolute Gasteiger partial charge is 0.416 e. The molecule has 0 unspecified atom stereocenters. The predicted octanol–water partition coefficient (Wildman–Crippen LogP) is 3.66. The Morgan fingerprint density at radius 1 is 0.864 bits per heavy atom. The van der Waals surface area contributed by atoms with E-state index in [0.717, 1.165) is 24.3 Å². The Kier molecular flexibility index (Phi) is 4.16. The van der Waals surface area contributed by atoms with E-state index in [1.54, 1.807) is 0 Å². The normalized spacial score (nSPS) is 11.0. The topological polar surface area (TPSA) is 66.4 Å². The Hall–Kier alpha value is -2.83. The van der Waals surface area contributed by atoms with Crippen LogP contribution in [0.25, 0.3) is 0 Å². The van der Waals surface area contributed by atoms with E-state index in [1.165, 1.54) is 24.3 Å². The van der Waals surface area contributed by atoms with Gasteiger partial charge in [-0.15, -0.1) is 0 Å². The number of amides is 1. The van der Waals surface area contributed by atoms with Gasteiger partial charge >= 0.3 is 12.1 Å². The van der Waals surface area contributed by atoms with Gasteiger partial charge in [-0.3, -0.25) is 4.79 Å². The highest BCUT2D eigenvalue weighted by Crippen LogP contribution is 2.29. The molecule has 0 aliphatic carbocycles. The summed E-state index contributed by atoms with van der Waals surface area (Å²) in [6, 6.07) is 9.20. The lowest BCUT2D eigenvalue weighted by molar-refractivity contribution is -0.137. The molecule has 2 rings (SSSR count). The van der Waals surface area contributed by atoms with Crippen molar-refractivity contribution < 1.29 is 27.9 Å². The highest BCUT2D eigenvalue weighted by molar-refractivity contribution is 6.04. The largest absolute Gasteiger partial charge is 0.478 e. The quantitative estimate of drug-likeness (QED) is 0.909. The molecule has 0 saturated heterocycles. The lowest BCUT2D eigenvalue weighted by Crippen LogP contribution is -2.13. The zero-order valence-corrected chi connectivity index (χ0v) is 11.0. The fourth-order valence-corrected chi connectivity index (χ4v) is 1.71. The molecule has 2 aromatic carbocycles. The van der Waals surface area contributed by atoms with E-state index in [4.69, 9.17) is 5.11 Å². The van der Waals surface area contributed by atoms with Crippen molar-refractivity contribution in [2.45, 2.75) is 6.18 Å². The van der Waals surface area contributed by atoms with Crippen molar-refractivity contribution in [2.24, 2.45) is 0 Å². The number of anilines is 1. The summed E-state index contributed by atoms with van der Waals surface area (Å²) in [6.07, 6.45) is -4.46. The van der Waals surface area contributed by atoms with Gasteiger partial charge in [0.1, 0.15) is 0 Å². The second-order valence-electron chi connectivity index (χ2n) is 4.41. The second kappa shape index (κ2) is 5.88. The summed E-state index contributed by atoms with van der Waals surface area (Å²) >= 11 is 0. The number of benzene rings is 2. The van der Waals surface area contributed by atoms with E-state index in [9.17, 15) is 22.8 Å². The van der Waals surface area contributed by atoms with Crippen LogP contribution in [0.4, 0.5) is 18.9 Å². The summed E-state index contributed by atoms with van der Waals surface area (Å²) in [7, 11) is 0. The highest BCUT2D eigenvalue weighted by atomic mass is 19.4. The van der Waals surface area contributed by atoms with Gasteiger partial charge in [0, 0.05) is 11.3 Å². The number of carboxylic acids is 1. The van der Waals surface area contributed by atoms with Gasteiger partial charge in [0.05, 0.1) is 11.1 Å². The number of hydrogen-bond acceptors (Lipinski definition) is 2. The monoisotopic (exact) mass is 309 g/mol. The van der Waals surface area contributed by atoms with Gasteiger partial charge < -0.3 is 10.4 Å². The van der Waals surface area contributed by atoms with Crippen LogP contribution >= 0.6 is 0 Å². The Morgan fingerprint density at radius 2 is 1.36 bits per heavy atom. The van der Waals surface area contributed by atoms with E-state index < -0.39 is 23.6 Å². The van der Waals surface area contributed by atoms with Gasteiger partial charge in [0.2, 0.25) is 0 Å². The summed E-state index contributed by atoms with van der Waals surface area (Å²) in [5.41, 5.74) is -0.368. The van der Waals surface area contributed by atoms with Gasteiger partial charge in [-0.05, 0) is 48.5 Å². The average Bonchev–Trinajstić information content (AvgIpc) is 2.47. The van der Waals surface area contributed by atoms with Crippen LogP contribution in [0.15, 0.2) is 48.5 Å². The SMILES string of the molecule is O=C(O)c1ccc(NC(=O)c2ccc(C(F)(F)F)cc2)cc1. The number of nitrogens with one attached hydrogen (secondary N) is 1. The van der Waals surface area contributed by atoms with Crippen LogP contribution in [-0.2, 0) is 6.18 Å². The van der Waals surface area contributed by atoms with Crippen molar-refractivity contribution in [3.8, 4) is 0 Å². The summed E-state index contributed by atoms with van der Waals surface area (Å²) in [5.74, 6) is -1.68. The maximum atomic E-state index is 12.4. The van der Waals surface area contributed by atoms with Gasteiger partial charge in [-0.1, -0.05) is 0 Å². The molecule has 2 aromatic rings. The Bertz CT molecular complexity index is 691. The second-order valence-corrected chi connectivity index (χ2v) is 4.41. The molecule has 0 fully saturated rings. The summed E-state index contributed by atoms with van der Waals surface area (Å²) in [5, 5.41) is 11.2. The molecule has 4 nitrogen and oxygen atoms in total. The van der Waals surface area contributed by atoms with Crippen molar-refractivity contribution in [1.29, 1.82) is 0 Å². The molecule has 0 aromatic heterocycles. The van der Waals surface area contributed by atoms with Crippen LogP contribution in [0.3, 0.4) is 0 Å². The minimum atomic E-state index is -4.46. The van der Waals surface area contributed by atoms with Crippen molar-refractivity contribution in [1.82, 2.24) is 0 Å². The van der Waals surface area contributed by atoms with Gasteiger partial charge in [-0.25, -0.2) is 4.79 Å². The van der Waals surface area contributed by atoms with Crippen molar-refractivity contribution in [3.63, 3.8) is 0 Å². The minimum absolute atomic E-state index is 0.0625. The molecule has 114 valence electrons. The Labute approximate surface area is 123 Å². The predicted molar refractivity (Wildman–Crippen MR) is 72.8 cm³/mol. The van der Waals surface area contributed by atoms with Crippen molar-refractivity contribution >= 4 is 17.6 Å². The zero-order valence-electron chi connectivity index (χ0n) is 11.0. The summed E-state index contributed by atoms with van der Waals surface area (Å²) in [4.78, 5) is 22.6. The third kappa shape index (κ3) is 3.63. The van der Waals surface area contributed by atoms with E-state index in [0.29, 0.717) is 5.69 Å². The fourth-order valence-electron chi connectivity index (χ4n) is 1.71.